The monoisotopic (exact) mass is 383 g/mol. The first-order chi connectivity index (χ1) is 13.9. The molecular weight excluding hydrogens is 358 g/mol. The van der Waals surface area contributed by atoms with Crippen LogP contribution in [-0.2, 0) is 5.54 Å². The van der Waals surface area contributed by atoms with Gasteiger partial charge in [0.05, 0.1) is 5.54 Å². The second-order valence-corrected chi connectivity index (χ2v) is 8.86. The summed E-state index contributed by atoms with van der Waals surface area (Å²) < 4.78 is 0. The summed E-state index contributed by atoms with van der Waals surface area (Å²) in [7, 11) is 0. The van der Waals surface area contributed by atoms with Crippen molar-refractivity contribution in [3.8, 4) is 0 Å². The molecule has 2 heteroatoms. The Morgan fingerprint density at radius 2 is 1.21 bits per heavy atom. The van der Waals surface area contributed by atoms with Crippen LogP contribution in [0.4, 0.5) is 0 Å². The van der Waals surface area contributed by atoms with E-state index in [0.717, 1.165) is 18.3 Å². The first-order valence-electron chi connectivity index (χ1n) is 10.1. The smallest absolute Gasteiger partial charge is 0.0975 e. The van der Waals surface area contributed by atoms with Crippen LogP contribution in [0.5, 0.6) is 0 Å². The zero-order valence-corrected chi connectivity index (χ0v) is 16.8. The Hall–Kier alpha value is -2.29. The first kappa shape index (κ1) is 17.8. The van der Waals surface area contributed by atoms with Crippen molar-refractivity contribution in [1.29, 1.82) is 0 Å². The SMILES string of the molecule is C1=C2CN(C(c3ccccc3)(c3ccccc3)c3ccccc3)CCC2SC1. The van der Waals surface area contributed by atoms with Gasteiger partial charge >= 0.3 is 0 Å². The number of fused-ring (bicyclic) bond motifs is 1. The number of hydrogen-bond acceptors (Lipinski definition) is 2. The lowest BCUT2D eigenvalue weighted by atomic mass is 9.74. The van der Waals surface area contributed by atoms with Crippen LogP contribution in [-0.4, -0.2) is 29.0 Å². The number of hydrogen-bond donors (Lipinski definition) is 0. The summed E-state index contributed by atoms with van der Waals surface area (Å²) in [4.78, 5) is 2.71. The second-order valence-electron chi connectivity index (χ2n) is 7.62. The molecule has 5 rings (SSSR count). The molecule has 0 amide bonds. The van der Waals surface area contributed by atoms with Crippen LogP contribution in [0.1, 0.15) is 23.1 Å². The Labute approximate surface area is 172 Å². The fourth-order valence-electron chi connectivity index (χ4n) is 4.89. The van der Waals surface area contributed by atoms with Crippen molar-refractivity contribution in [2.24, 2.45) is 0 Å². The van der Waals surface area contributed by atoms with Crippen LogP contribution in [0.3, 0.4) is 0 Å². The Kier molecular flexibility index (Phi) is 4.84. The minimum absolute atomic E-state index is 0.275. The molecule has 2 heterocycles. The van der Waals surface area contributed by atoms with Crippen molar-refractivity contribution in [1.82, 2.24) is 4.90 Å². The van der Waals surface area contributed by atoms with Gasteiger partial charge in [-0.2, -0.15) is 0 Å². The number of piperidine rings is 1. The second kappa shape index (κ2) is 7.62. The Bertz CT molecular complexity index is 853. The van der Waals surface area contributed by atoms with Gasteiger partial charge in [-0.05, 0) is 28.7 Å². The number of thioether (sulfide) groups is 1. The lowest BCUT2D eigenvalue weighted by Gasteiger charge is -2.48. The van der Waals surface area contributed by atoms with Gasteiger partial charge in [-0.15, -0.1) is 11.8 Å². The van der Waals surface area contributed by atoms with E-state index in [0.29, 0.717) is 0 Å². The summed E-state index contributed by atoms with van der Waals surface area (Å²) in [5, 5.41) is 0.719. The molecule has 140 valence electrons. The molecule has 0 saturated carbocycles. The van der Waals surface area contributed by atoms with Crippen molar-refractivity contribution in [2.45, 2.75) is 17.2 Å². The van der Waals surface area contributed by atoms with E-state index < -0.39 is 0 Å². The van der Waals surface area contributed by atoms with Crippen LogP contribution in [0.15, 0.2) is 103 Å². The minimum Gasteiger partial charge on any atom is -0.282 e. The summed E-state index contributed by atoms with van der Waals surface area (Å²) in [6.45, 7) is 2.14. The fourth-order valence-corrected chi connectivity index (χ4v) is 6.09. The average Bonchev–Trinajstić information content (AvgIpc) is 3.25. The zero-order valence-electron chi connectivity index (χ0n) is 16.0. The van der Waals surface area contributed by atoms with Gasteiger partial charge in [0, 0.05) is 24.1 Å². The molecule has 0 bridgehead atoms. The molecule has 0 spiro atoms. The third kappa shape index (κ3) is 2.92. The molecule has 0 aromatic heterocycles. The van der Waals surface area contributed by atoms with Crippen molar-refractivity contribution in [2.75, 3.05) is 18.8 Å². The van der Waals surface area contributed by atoms with Gasteiger partial charge in [0.15, 0.2) is 0 Å². The summed E-state index contributed by atoms with van der Waals surface area (Å²) in [5.74, 6) is 1.17. The van der Waals surface area contributed by atoms with E-state index in [1.54, 1.807) is 5.57 Å². The van der Waals surface area contributed by atoms with Gasteiger partial charge in [-0.3, -0.25) is 4.90 Å². The summed E-state index contributed by atoms with van der Waals surface area (Å²) in [6.07, 6.45) is 3.69. The molecule has 2 aliphatic heterocycles. The Balaban J connectivity index is 1.75. The third-order valence-electron chi connectivity index (χ3n) is 6.14. The van der Waals surface area contributed by atoms with Gasteiger partial charge < -0.3 is 0 Å². The van der Waals surface area contributed by atoms with E-state index in [1.165, 1.54) is 28.9 Å². The summed E-state index contributed by atoms with van der Waals surface area (Å²) >= 11 is 2.11. The molecule has 1 nitrogen and oxygen atoms in total. The van der Waals surface area contributed by atoms with Gasteiger partial charge in [0.2, 0.25) is 0 Å². The van der Waals surface area contributed by atoms with E-state index in [1.807, 2.05) is 0 Å². The molecule has 1 unspecified atom stereocenters. The van der Waals surface area contributed by atoms with Gasteiger partial charge in [-0.25, -0.2) is 0 Å². The fraction of sp³-hybridized carbons (Fsp3) is 0.231. The van der Waals surface area contributed by atoms with Gasteiger partial charge in [0.1, 0.15) is 0 Å². The summed E-state index contributed by atoms with van der Waals surface area (Å²) in [6, 6.07) is 33.2. The molecule has 0 N–H and O–H groups in total. The van der Waals surface area contributed by atoms with Crippen molar-refractivity contribution in [3.05, 3.63) is 119 Å². The molecule has 0 radical (unpaired) electrons. The van der Waals surface area contributed by atoms with E-state index >= 15 is 0 Å². The normalized spacial score (nSPS) is 19.9. The Morgan fingerprint density at radius 3 is 1.71 bits per heavy atom. The number of nitrogens with zero attached hydrogens (tertiary/aromatic N) is 1. The molecule has 3 aromatic carbocycles. The molecule has 1 saturated heterocycles. The highest BCUT2D eigenvalue weighted by Gasteiger charge is 2.44. The predicted molar refractivity (Wildman–Crippen MR) is 120 cm³/mol. The van der Waals surface area contributed by atoms with E-state index in [9.17, 15) is 0 Å². The molecule has 1 atom stereocenters. The van der Waals surface area contributed by atoms with Crippen molar-refractivity contribution < 1.29 is 0 Å². The predicted octanol–water partition coefficient (Wildman–Crippen LogP) is 5.73. The molecule has 1 fully saturated rings. The average molecular weight is 384 g/mol. The molecular formula is C26H25NS. The molecule has 28 heavy (non-hydrogen) atoms. The van der Waals surface area contributed by atoms with E-state index in [-0.39, 0.29) is 5.54 Å². The van der Waals surface area contributed by atoms with E-state index in [2.05, 4.69) is 114 Å². The van der Waals surface area contributed by atoms with Crippen LogP contribution in [0, 0.1) is 0 Å². The highest BCUT2D eigenvalue weighted by molar-refractivity contribution is 8.00. The lowest BCUT2D eigenvalue weighted by molar-refractivity contribution is 0.154. The molecule has 2 aliphatic rings. The molecule has 0 aliphatic carbocycles. The van der Waals surface area contributed by atoms with Crippen LogP contribution < -0.4 is 0 Å². The topological polar surface area (TPSA) is 3.24 Å². The zero-order chi connectivity index (χ0) is 18.8. The highest BCUT2D eigenvalue weighted by atomic mass is 32.2. The van der Waals surface area contributed by atoms with Crippen molar-refractivity contribution in [3.63, 3.8) is 0 Å². The van der Waals surface area contributed by atoms with Crippen molar-refractivity contribution >= 4 is 11.8 Å². The molecule has 3 aromatic rings. The lowest BCUT2D eigenvalue weighted by Crippen LogP contribution is -2.52. The number of rotatable bonds is 4. The highest BCUT2D eigenvalue weighted by Crippen LogP contribution is 2.46. The number of benzene rings is 3. The minimum atomic E-state index is -0.275. The van der Waals surface area contributed by atoms with Crippen LogP contribution >= 0.6 is 11.8 Å². The third-order valence-corrected chi connectivity index (χ3v) is 7.44. The Morgan fingerprint density at radius 1 is 0.714 bits per heavy atom. The van der Waals surface area contributed by atoms with Gasteiger partial charge in [0.25, 0.3) is 0 Å². The van der Waals surface area contributed by atoms with Gasteiger partial charge in [-0.1, -0.05) is 97.1 Å². The van der Waals surface area contributed by atoms with Crippen LogP contribution in [0.2, 0.25) is 0 Å². The maximum atomic E-state index is 2.71. The standard InChI is InChI=1S/C26H25NS/c1-4-10-22(11-5-1)26(23-12-6-2-7-13-23,24-14-8-3-9-15-24)27-18-16-25-21(20-27)17-19-28-25/h1-15,17,25H,16,18-20H2. The largest absolute Gasteiger partial charge is 0.282 e. The first-order valence-corrected chi connectivity index (χ1v) is 11.2. The maximum absolute atomic E-state index is 2.71. The van der Waals surface area contributed by atoms with E-state index in [4.69, 9.17) is 0 Å². The number of likely N-dealkylation sites (tertiary alicyclic amines) is 1. The maximum Gasteiger partial charge on any atom is 0.0975 e. The van der Waals surface area contributed by atoms with Crippen LogP contribution in [0.25, 0.3) is 0 Å². The quantitative estimate of drug-likeness (QED) is 0.418. The summed E-state index contributed by atoms with van der Waals surface area (Å²) in [5.41, 5.74) is 5.37.